The second-order valence-corrected chi connectivity index (χ2v) is 7.45. The summed E-state index contributed by atoms with van der Waals surface area (Å²) in [6.07, 6.45) is 0. The third-order valence-electron chi connectivity index (χ3n) is 4.49. The van der Waals surface area contributed by atoms with Crippen LogP contribution in [-0.2, 0) is 13.1 Å². The number of fused-ring (bicyclic) bond motifs is 1. The molecule has 7 nitrogen and oxygen atoms in total. The number of hydrogen-bond donors (Lipinski definition) is 2. The van der Waals surface area contributed by atoms with Gasteiger partial charge in [0.15, 0.2) is 17.5 Å². The Labute approximate surface area is 182 Å². The number of amides is 1. The van der Waals surface area contributed by atoms with Gasteiger partial charge in [-0.2, -0.15) is 0 Å². The van der Waals surface area contributed by atoms with Crippen molar-refractivity contribution >= 4 is 23.5 Å². The fourth-order valence-electron chi connectivity index (χ4n) is 2.98. The molecule has 0 fully saturated rings. The van der Waals surface area contributed by atoms with Crippen LogP contribution < -0.4 is 20.1 Å². The zero-order chi connectivity index (χ0) is 21.5. The molecule has 0 spiro atoms. The minimum absolute atomic E-state index is 0.0116. The van der Waals surface area contributed by atoms with E-state index in [1.54, 1.807) is 19.0 Å². The highest BCUT2D eigenvalue weighted by Crippen LogP contribution is 2.38. The third kappa shape index (κ3) is 5.57. The van der Waals surface area contributed by atoms with Crippen LogP contribution in [0.4, 0.5) is 0 Å². The second-order valence-electron chi connectivity index (χ2n) is 7.05. The van der Waals surface area contributed by atoms with Gasteiger partial charge in [-0.3, -0.25) is 4.79 Å². The van der Waals surface area contributed by atoms with Crippen molar-refractivity contribution in [1.29, 1.82) is 0 Å². The topological polar surface area (TPSA) is 75.2 Å². The number of carbonyl (C=O) groups is 1. The zero-order valence-electron chi connectivity index (χ0n) is 17.5. The first kappa shape index (κ1) is 21.8. The monoisotopic (exact) mass is 430 g/mol. The summed E-state index contributed by atoms with van der Waals surface area (Å²) in [7, 11) is 3.48. The number of ether oxygens (including phenoxy) is 2. The molecule has 160 valence electrons. The Bertz CT molecular complexity index is 913. The fourth-order valence-corrected chi connectivity index (χ4v) is 3.26. The number of nitrogens with zero attached hydrogens (tertiary/aromatic N) is 2. The van der Waals surface area contributed by atoms with Crippen molar-refractivity contribution in [2.75, 3.05) is 33.9 Å². The van der Waals surface area contributed by atoms with Crippen molar-refractivity contribution in [3.05, 3.63) is 58.1 Å². The van der Waals surface area contributed by atoms with E-state index in [9.17, 15) is 4.79 Å². The molecule has 0 unspecified atom stereocenters. The number of aliphatic imine (C=N–C) groups is 1. The molecule has 0 aromatic heterocycles. The summed E-state index contributed by atoms with van der Waals surface area (Å²) in [6, 6.07) is 11.3. The Hall–Kier alpha value is -2.93. The highest BCUT2D eigenvalue weighted by Gasteiger charge is 2.16. The van der Waals surface area contributed by atoms with Gasteiger partial charge in [0.05, 0.1) is 11.6 Å². The lowest BCUT2D eigenvalue weighted by Crippen LogP contribution is -2.36. The van der Waals surface area contributed by atoms with Crippen molar-refractivity contribution in [1.82, 2.24) is 15.5 Å². The second kappa shape index (κ2) is 10.2. The number of nitrogens with one attached hydrogen (secondary N) is 2. The standard InChI is InChI=1S/C22H27ClN4O3/c1-4-24-22(25-13-15-5-7-17(8-6-15)21(28)27(2)3)26-14-16-11-18(23)20-19(12-16)29-9-10-30-20/h5-8,11-12H,4,9-10,13-14H2,1-3H3,(H2,24,25,26). The summed E-state index contributed by atoms with van der Waals surface area (Å²) in [5, 5.41) is 7.07. The number of carbonyl (C=O) groups excluding carboxylic acids is 1. The maximum Gasteiger partial charge on any atom is 0.253 e. The summed E-state index contributed by atoms with van der Waals surface area (Å²) in [4.78, 5) is 18.2. The first-order chi connectivity index (χ1) is 14.5. The van der Waals surface area contributed by atoms with Crippen molar-refractivity contribution < 1.29 is 14.3 Å². The van der Waals surface area contributed by atoms with Crippen LogP contribution in [0.1, 0.15) is 28.4 Å². The number of benzene rings is 2. The first-order valence-electron chi connectivity index (χ1n) is 9.88. The molecular weight excluding hydrogens is 404 g/mol. The van der Waals surface area contributed by atoms with Crippen LogP contribution in [0, 0.1) is 0 Å². The zero-order valence-corrected chi connectivity index (χ0v) is 18.3. The molecule has 0 saturated heterocycles. The molecule has 1 aliphatic rings. The average Bonchev–Trinajstić information content (AvgIpc) is 2.75. The van der Waals surface area contributed by atoms with Gasteiger partial charge in [-0.05, 0) is 42.3 Å². The van der Waals surface area contributed by atoms with Crippen LogP contribution in [0.25, 0.3) is 0 Å². The Balaban J connectivity index is 1.64. The minimum Gasteiger partial charge on any atom is -0.486 e. The van der Waals surface area contributed by atoms with Gasteiger partial charge in [-0.1, -0.05) is 23.7 Å². The van der Waals surface area contributed by atoms with Gasteiger partial charge in [0.2, 0.25) is 0 Å². The molecular formula is C22H27ClN4O3. The van der Waals surface area contributed by atoms with E-state index < -0.39 is 0 Å². The molecule has 1 aliphatic heterocycles. The van der Waals surface area contributed by atoms with Crippen molar-refractivity contribution in [3.8, 4) is 11.5 Å². The molecule has 2 aromatic rings. The van der Waals surface area contributed by atoms with E-state index in [1.165, 1.54) is 0 Å². The lowest BCUT2D eigenvalue weighted by molar-refractivity contribution is 0.0827. The van der Waals surface area contributed by atoms with Crippen LogP contribution >= 0.6 is 11.6 Å². The average molecular weight is 431 g/mol. The number of hydrogen-bond acceptors (Lipinski definition) is 4. The van der Waals surface area contributed by atoms with E-state index in [1.807, 2.05) is 43.3 Å². The van der Waals surface area contributed by atoms with E-state index in [4.69, 9.17) is 21.1 Å². The van der Waals surface area contributed by atoms with Gasteiger partial charge in [0, 0.05) is 32.7 Å². The van der Waals surface area contributed by atoms with Gasteiger partial charge in [0.25, 0.3) is 5.91 Å². The Morgan fingerprint density at radius 1 is 1.10 bits per heavy atom. The molecule has 3 rings (SSSR count). The van der Waals surface area contributed by atoms with E-state index in [-0.39, 0.29) is 5.91 Å². The molecule has 1 amide bonds. The number of guanidine groups is 1. The predicted molar refractivity (Wildman–Crippen MR) is 119 cm³/mol. The summed E-state index contributed by atoms with van der Waals surface area (Å²) in [6.45, 7) is 4.80. The van der Waals surface area contributed by atoms with Crippen molar-refractivity contribution in [3.63, 3.8) is 0 Å². The molecule has 2 N–H and O–H groups in total. The maximum atomic E-state index is 12.0. The molecule has 0 radical (unpaired) electrons. The number of rotatable bonds is 6. The third-order valence-corrected chi connectivity index (χ3v) is 4.77. The van der Waals surface area contributed by atoms with Crippen LogP contribution in [0.15, 0.2) is 41.4 Å². The van der Waals surface area contributed by atoms with Crippen molar-refractivity contribution in [2.45, 2.75) is 20.0 Å². The lowest BCUT2D eigenvalue weighted by atomic mass is 10.1. The molecule has 0 saturated carbocycles. The van der Waals surface area contributed by atoms with Crippen LogP contribution in [0.2, 0.25) is 5.02 Å². The van der Waals surface area contributed by atoms with Gasteiger partial charge in [-0.15, -0.1) is 0 Å². The quantitative estimate of drug-likeness (QED) is 0.544. The molecule has 0 atom stereocenters. The summed E-state index contributed by atoms with van der Waals surface area (Å²) < 4.78 is 11.2. The lowest BCUT2D eigenvalue weighted by Gasteiger charge is -2.20. The first-order valence-corrected chi connectivity index (χ1v) is 10.3. The molecule has 8 heteroatoms. The summed E-state index contributed by atoms with van der Waals surface area (Å²) >= 11 is 6.31. The smallest absolute Gasteiger partial charge is 0.253 e. The minimum atomic E-state index is -0.0116. The van der Waals surface area contributed by atoms with E-state index in [0.29, 0.717) is 54.3 Å². The molecule has 0 bridgehead atoms. The van der Waals surface area contributed by atoms with Gasteiger partial charge >= 0.3 is 0 Å². The molecule has 2 aromatic carbocycles. The highest BCUT2D eigenvalue weighted by molar-refractivity contribution is 6.32. The summed E-state index contributed by atoms with van der Waals surface area (Å²) in [5.41, 5.74) is 2.66. The van der Waals surface area contributed by atoms with Crippen LogP contribution in [0.5, 0.6) is 11.5 Å². The van der Waals surface area contributed by atoms with Crippen molar-refractivity contribution in [2.24, 2.45) is 4.99 Å². The van der Waals surface area contributed by atoms with Gasteiger partial charge in [0.1, 0.15) is 13.2 Å². The maximum absolute atomic E-state index is 12.0. The Morgan fingerprint density at radius 3 is 2.53 bits per heavy atom. The molecule has 30 heavy (non-hydrogen) atoms. The molecule has 1 heterocycles. The van der Waals surface area contributed by atoms with E-state index >= 15 is 0 Å². The van der Waals surface area contributed by atoms with E-state index in [2.05, 4.69) is 15.6 Å². The van der Waals surface area contributed by atoms with Gasteiger partial charge < -0.3 is 25.0 Å². The molecule has 0 aliphatic carbocycles. The van der Waals surface area contributed by atoms with Crippen LogP contribution in [0.3, 0.4) is 0 Å². The predicted octanol–water partition coefficient (Wildman–Crippen LogP) is 3.07. The normalized spacial score (nSPS) is 13.0. The Morgan fingerprint density at radius 2 is 1.83 bits per heavy atom. The SMILES string of the molecule is CCNC(=NCc1cc(Cl)c2c(c1)OCCO2)NCc1ccc(C(=O)N(C)C)cc1. The summed E-state index contributed by atoms with van der Waals surface area (Å²) in [5.74, 6) is 1.93. The Kier molecular flexibility index (Phi) is 7.41. The van der Waals surface area contributed by atoms with Crippen LogP contribution in [-0.4, -0.2) is 50.6 Å². The van der Waals surface area contributed by atoms with E-state index in [0.717, 1.165) is 17.7 Å². The number of halogens is 1. The van der Waals surface area contributed by atoms with Gasteiger partial charge in [-0.25, -0.2) is 4.99 Å². The highest BCUT2D eigenvalue weighted by atomic mass is 35.5. The largest absolute Gasteiger partial charge is 0.486 e. The fraction of sp³-hybridized carbons (Fsp3) is 0.364.